The molecule has 2 unspecified atom stereocenters. The number of hydrogen-bond acceptors (Lipinski definition) is 3. The second-order valence-corrected chi connectivity index (χ2v) is 14.5. The van der Waals surface area contributed by atoms with Crippen LogP contribution in [0.2, 0.25) is 0 Å². The largest absolute Gasteiger partial charge is 0.374 e. The van der Waals surface area contributed by atoms with Crippen LogP contribution in [0, 0.1) is 17.8 Å². The minimum atomic E-state index is -0.853. The van der Waals surface area contributed by atoms with Gasteiger partial charge in [0.05, 0.1) is 5.70 Å². The van der Waals surface area contributed by atoms with Gasteiger partial charge in [-0.05, 0) is 86.5 Å². The molecule has 0 fully saturated rings. The Balaban J connectivity index is 1.56. The third kappa shape index (κ3) is 8.47. The summed E-state index contributed by atoms with van der Waals surface area (Å²) in [5.41, 5.74) is 6.15. The second kappa shape index (κ2) is 15.2. The standard InChI is InChI=1S/C35H53N5OS/c1-7-8-9-10-11-12-13-28(4)25-42(40(36)29(5)32-21-33-20-26(2)18-19-39(33)24-32)37-35(41)31-17-16-30-15-14-27(3)23-38(6)34(30)22-31/h11-12,16-17,21-22,24,26-28H,5,7-10,13-15,18-20,23,25,36H2,1-4,6H3/b12-11+/t26?,27-,28-,42?/m0/s1. The molecule has 1 aromatic carbocycles. The van der Waals surface area contributed by atoms with Gasteiger partial charge in [0, 0.05) is 65.5 Å². The molecule has 0 aliphatic carbocycles. The summed E-state index contributed by atoms with van der Waals surface area (Å²) in [6, 6.07) is 8.30. The van der Waals surface area contributed by atoms with Crippen LogP contribution < -0.4 is 10.7 Å². The van der Waals surface area contributed by atoms with E-state index in [4.69, 9.17) is 10.2 Å². The van der Waals surface area contributed by atoms with Gasteiger partial charge in [0.2, 0.25) is 0 Å². The smallest absolute Gasteiger partial charge is 0.284 e. The molecule has 42 heavy (non-hydrogen) atoms. The zero-order valence-electron chi connectivity index (χ0n) is 26.6. The van der Waals surface area contributed by atoms with Crippen molar-refractivity contribution in [3.05, 3.63) is 71.6 Å². The van der Waals surface area contributed by atoms with Crippen LogP contribution in [0.15, 0.2) is 53.6 Å². The molecule has 2 aliphatic rings. The Kier molecular flexibility index (Phi) is 11.7. The fraction of sp³-hybridized carbons (Fsp3) is 0.571. The second-order valence-electron chi connectivity index (χ2n) is 12.9. The van der Waals surface area contributed by atoms with Gasteiger partial charge >= 0.3 is 0 Å². The summed E-state index contributed by atoms with van der Waals surface area (Å²) in [5.74, 6) is 8.93. The number of allylic oxidation sites excluding steroid dienone is 2. The molecule has 0 bridgehead atoms. The molecular weight excluding hydrogens is 538 g/mol. The van der Waals surface area contributed by atoms with Crippen molar-refractivity contribution >= 4 is 28.2 Å². The molecule has 0 spiro atoms. The number of carbonyl (C=O) groups excluding carboxylic acids is 1. The zero-order valence-corrected chi connectivity index (χ0v) is 27.5. The molecule has 7 heteroatoms. The summed E-state index contributed by atoms with van der Waals surface area (Å²) in [7, 11) is 1.27. The van der Waals surface area contributed by atoms with Crippen molar-refractivity contribution in [2.24, 2.45) is 28.0 Å². The molecule has 6 nitrogen and oxygen atoms in total. The van der Waals surface area contributed by atoms with Crippen LogP contribution in [0.25, 0.3) is 5.70 Å². The topological polar surface area (TPSA) is 66.9 Å². The molecule has 0 saturated carbocycles. The summed E-state index contributed by atoms with van der Waals surface area (Å²) in [6.45, 7) is 15.5. The number of hydrazine groups is 1. The number of benzene rings is 1. The van der Waals surface area contributed by atoms with Gasteiger partial charge in [-0.15, -0.1) is 0 Å². The number of aryl methyl sites for hydroxylation is 2. The molecule has 3 heterocycles. The van der Waals surface area contributed by atoms with Gasteiger partial charge in [0.15, 0.2) is 0 Å². The van der Waals surface area contributed by atoms with Gasteiger partial charge < -0.3 is 9.47 Å². The van der Waals surface area contributed by atoms with Gasteiger partial charge in [-0.1, -0.05) is 65.3 Å². The average Bonchev–Trinajstić information content (AvgIpc) is 3.33. The number of nitrogens with zero attached hydrogens (tertiary/aromatic N) is 4. The number of anilines is 1. The highest BCUT2D eigenvalue weighted by atomic mass is 32.2. The number of aromatic nitrogens is 1. The van der Waals surface area contributed by atoms with Crippen molar-refractivity contribution in [1.82, 2.24) is 8.98 Å². The van der Waals surface area contributed by atoms with Crippen molar-refractivity contribution in [3.63, 3.8) is 0 Å². The van der Waals surface area contributed by atoms with Crippen LogP contribution in [0.3, 0.4) is 0 Å². The molecule has 4 rings (SSSR count). The minimum absolute atomic E-state index is 0.206. The number of nitrogens with two attached hydrogens (primary N) is 1. The van der Waals surface area contributed by atoms with E-state index in [1.165, 1.54) is 36.9 Å². The fourth-order valence-electron chi connectivity index (χ4n) is 6.08. The van der Waals surface area contributed by atoms with Crippen molar-refractivity contribution in [2.75, 3.05) is 24.2 Å². The first kappa shape index (κ1) is 32.3. The lowest BCUT2D eigenvalue weighted by Gasteiger charge is -2.25. The molecule has 2 aliphatic heterocycles. The number of rotatable bonds is 12. The SMILES string of the molecule is C=C(c1cc2n(c1)CCC(C)C2)N(N)S(C[C@@H](C)C/C=C/CCCCC)=NC(=O)c1ccc2c(c1)N(C)C[C@@H](C)CC2. The van der Waals surface area contributed by atoms with E-state index in [9.17, 15) is 4.79 Å². The molecule has 1 amide bonds. The molecule has 2 aromatic rings. The highest BCUT2D eigenvalue weighted by Gasteiger charge is 2.22. The van der Waals surface area contributed by atoms with Crippen molar-refractivity contribution in [2.45, 2.75) is 92.0 Å². The Bertz CT molecular complexity index is 1290. The van der Waals surface area contributed by atoms with E-state index in [0.717, 1.165) is 62.1 Å². The predicted molar refractivity (Wildman–Crippen MR) is 180 cm³/mol. The highest BCUT2D eigenvalue weighted by Crippen LogP contribution is 2.30. The van der Waals surface area contributed by atoms with Gasteiger partial charge in [-0.3, -0.25) is 4.79 Å². The van der Waals surface area contributed by atoms with E-state index in [-0.39, 0.29) is 5.91 Å². The predicted octanol–water partition coefficient (Wildman–Crippen LogP) is 7.96. The number of hydrogen-bond donors (Lipinski definition) is 1. The van der Waals surface area contributed by atoms with Crippen LogP contribution in [0.4, 0.5) is 5.69 Å². The maximum absolute atomic E-state index is 13.7. The van der Waals surface area contributed by atoms with Crippen molar-refractivity contribution in [1.29, 1.82) is 0 Å². The summed E-state index contributed by atoms with van der Waals surface area (Å²) in [4.78, 5) is 16.0. The van der Waals surface area contributed by atoms with Gasteiger partial charge in [-0.25, -0.2) is 10.3 Å². The first-order chi connectivity index (χ1) is 20.2. The number of fused-ring (bicyclic) bond motifs is 2. The number of unbranched alkanes of at least 4 members (excludes halogenated alkanes) is 3. The van der Waals surface area contributed by atoms with Crippen molar-refractivity contribution in [3.8, 4) is 0 Å². The van der Waals surface area contributed by atoms with E-state index < -0.39 is 10.9 Å². The van der Waals surface area contributed by atoms with Gasteiger partial charge in [0.25, 0.3) is 5.91 Å². The maximum Gasteiger partial charge on any atom is 0.284 e. The lowest BCUT2D eigenvalue weighted by molar-refractivity contribution is 0.100. The summed E-state index contributed by atoms with van der Waals surface area (Å²) < 4.78 is 8.78. The van der Waals surface area contributed by atoms with E-state index in [0.29, 0.717) is 29.1 Å². The quantitative estimate of drug-likeness (QED) is 0.118. The third-order valence-corrected chi connectivity index (χ3v) is 10.7. The normalized spacial score (nSPS) is 20.2. The number of amides is 1. The summed E-state index contributed by atoms with van der Waals surface area (Å²) in [6.07, 6.45) is 17.0. The molecule has 4 atom stereocenters. The van der Waals surface area contributed by atoms with E-state index in [1.807, 2.05) is 12.1 Å². The monoisotopic (exact) mass is 591 g/mol. The Morgan fingerprint density at radius 3 is 2.79 bits per heavy atom. The van der Waals surface area contributed by atoms with Crippen LogP contribution in [-0.4, -0.2) is 34.2 Å². The molecule has 2 N–H and O–H groups in total. The van der Waals surface area contributed by atoms with E-state index in [1.54, 1.807) is 4.41 Å². The highest BCUT2D eigenvalue weighted by molar-refractivity contribution is 7.85. The molecule has 0 radical (unpaired) electrons. The third-order valence-electron chi connectivity index (χ3n) is 8.77. The fourth-order valence-corrected chi connectivity index (χ4v) is 7.70. The van der Waals surface area contributed by atoms with Gasteiger partial charge in [-0.2, -0.15) is 4.36 Å². The van der Waals surface area contributed by atoms with Gasteiger partial charge in [0.1, 0.15) is 0 Å². The zero-order chi connectivity index (χ0) is 30.2. The molecule has 230 valence electrons. The maximum atomic E-state index is 13.7. The van der Waals surface area contributed by atoms with Crippen LogP contribution in [-0.2, 0) is 30.3 Å². The van der Waals surface area contributed by atoms with Crippen LogP contribution >= 0.6 is 0 Å². The van der Waals surface area contributed by atoms with Crippen LogP contribution in [0.5, 0.6) is 0 Å². The Hall–Kier alpha value is -2.64. The Morgan fingerprint density at radius 2 is 2.00 bits per heavy atom. The lowest BCUT2D eigenvalue weighted by atomic mass is 9.98. The van der Waals surface area contributed by atoms with E-state index in [2.05, 4.69) is 81.3 Å². The molecular formula is C35H53N5OS. The summed E-state index contributed by atoms with van der Waals surface area (Å²) in [5, 5.41) is 0. The average molecular weight is 592 g/mol. The minimum Gasteiger partial charge on any atom is -0.374 e. The summed E-state index contributed by atoms with van der Waals surface area (Å²) >= 11 is 0. The first-order valence-corrected chi connectivity index (χ1v) is 17.4. The van der Waals surface area contributed by atoms with Crippen LogP contribution in [0.1, 0.15) is 99.8 Å². The lowest BCUT2D eigenvalue weighted by Crippen LogP contribution is -2.34. The Morgan fingerprint density at radius 1 is 1.19 bits per heavy atom. The number of carbonyl (C=O) groups is 1. The molecule has 1 aromatic heterocycles. The molecule has 0 saturated heterocycles. The van der Waals surface area contributed by atoms with Crippen molar-refractivity contribution < 1.29 is 4.79 Å². The first-order valence-electron chi connectivity index (χ1n) is 16.1. The van der Waals surface area contributed by atoms with E-state index >= 15 is 0 Å². The Labute approximate surface area is 257 Å².